The van der Waals surface area contributed by atoms with Crippen LogP contribution in [0.4, 0.5) is 10.2 Å². The molecular weight excluding hydrogens is 253 g/mol. The zero-order chi connectivity index (χ0) is 13.8. The molecule has 0 aliphatic rings. The molecule has 0 aliphatic heterocycles. The number of anilines is 1. The number of aromatic nitrogens is 2. The van der Waals surface area contributed by atoms with Gasteiger partial charge in [0.25, 0.3) is 0 Å². The molecular formula is C16H14FN3. The normalized spacial score (nSPS) is 10.7. The third-order valence-electron chi connectivity index (χ3n) is 3.02. The molecule has 0 aliphatic carbocycles. The SMILES string of the molecule is FCCNc1nc(-c2ccccc2)nc2ccccc12. The fourth-order valence-corrected chi connectivity index (χ4v) is 2.09. The molecule has 1 aromatic heterocycles. The lowest BCUT2D eigenvalue weighted by Gasteiger charge is -2.09. The molecule has 0 spiro atoms. The van der Waals surface area contributed by atoms with E-state index < -0.39 is 6.67 Å². The first kappa shape index (κ1) is 12.5. The first-order chi connectivity index (χ1) is 9.88. The van der Waals surface area contributed by atoms with E-state index in [0.717, 1.165) is 16.5 Å². The van der Waals surface area contributed by atoms with Crippen molar-refractivity contribution in [3.8, 4) is 11.4 Å². The zero-order valence-electron chi connectivity index (χ0n) is 10.9. The molecule has 1 heterocycles. The molecule has 0 saturated carbocycles. The quantitative estimate of drug-likeness (QED) is 0.783. The number of hydrogen-bond donors (Lipinski definition) is 1. The third kappa shape index (κ3) is 2.45. The van der Waals surface area contributed by atoms with Crippen LogP contribution in [0.2, 0.25) is 0 Å². The zero-order valence-corrected chi connectivity index (χ0v) is 10.9. The topological polar surface area (TPSA) is 37.8 Å². The van der Waals surface area contributed by atoms with E-state index in [-0.39, 0.29) is 6.54 Å². The Hall–Kier alpha value is -2.49. The molecule has 100 valence electrons. The van der Waals surface area contributed by atoms with E-state index in [0.29, 0.717) is 11.6 Å². The number of hydrogen-bond acceptors (Lipinski definition) is 3. The molecule has 0 saturated heterocycles. The highest BCUT2D eigenvalue weighted by Crippen LogP contribution is 2.24. The molecule has 0 atom stereocenters. The number of halogens is 1. The summed E-state index contributed by atoms with van der Waals surface area (Å²) < 4.78 is 12.4. The average molecular weight is 267 g/mol. The van der Waals surface area contributed by atoms with E-state index in [1.165, 1.54) is 0 Å². The highest BCUT2D eigenvalue weighted by molar-refractivity contribution is 5.90. The third-order valence-corrected chi connectivity index (χ3v) is 3.02. The fourth-order valence-electron chi connectivity index (χ4n) is 2.09. The van der Waals surface area contributed by atoms with Gasteiger partial charge in [-0.15, -0.1) is 0 Å². The number of nitrogens with one attached hydrogen (secondary N) is 1. The molecule has 3 aromatic rings. The van der Waals surface area contributed by atoms with E-state index in [4.69, 9.17) is 0 Å². The van der Waals surface area contributed by atoms with Gasteiger partial charge in [-0.2, -0.15) is 0 Å². The predicted molar refractivity (Wildman–Crippen MR) is 79.4 cm³/mol. The summed E-state index contributed by atoms with van der Waals surface area (Å²) in [6.45, 7) is -0.186. The van der Waals surface area contributed by atoms with Crippen molar-refractivity contribution in [2.75, 3.05) is 18.5 Å². The number of nitrogens with zero attached hydrogens (tertiary/aromatic N) is 2. The van der Waals surface area contributed by atoms with Crippen molar-refractivity contribution in [3.05, 3.63) is 54.6 Å². The van der Waals surface area contributed by atoms with Crippen LogP contribution in [0.3, 0.4) is 0 Å². The summed E-state index contributed by atoms with van der Waals surface area (Å²) in [5.41, 5.74) is 1.80. The van der Waals surface area contributed by atoms with E-state index in [2.05, 4.69) is 15.3 Å². The van der Waals surface area contributed by atoms with Crippen molar-refractivity contribution < 1.29 is 4.39 Å². The van der Waals surface area contributed by atoms with Gasteiger partial charge >= 0.3 is 0 Å². The van der Waals surface area contributed by atoms with Crippen LogP contribution in [-0.4, -0.2) is 23.2 Å². The first-order valence-electron chi connectivity index (χ1n) is 6.50. The second-order valence-corrected chi connectivity index (χ2v) is 4.39. The van der Waals surface area contributed by atoms with Gasteiger partial charge in [-0.3, -0.25) is 0 Å². The molecule has 1 N–H and O–H groups in total. The Balaban J connectivity index is 2.14. The van der Waals surface area contributed by atoms with Crippen molar-refractivity contribution in [2.45, 2.75) is 0 Å². The van der Waals surface area contributed by atoms with Gasteiger partial charge in [0.15, 0.2) is 5.82 Å². The van der Waals surface area contributed by atoms with Gasteiger partial charge in [-0.05, 0) is 12.1 Å². The fraction of sp³-hybridized carbons (Fsp3) is 0.125. The van der Waals surface area contributed by atoms with E-state index in [1.54, 1.807) is 0 Å². The minimum atomic E-state index is -0.432. The first-order valence-corrected chi connectivity index (χ1v) is 6.50. The molecule has 0 bridgehead atoms. The summed E-state index contributed by atoms with van der Waals surface area (Å²) in [6, 6.07) is 17.5. The summed E-state index contributed by atoms with van der Waals surface area (Å²) in [5, 5.41) is 3.92. The lowest BCUT2D eigenvalue weighted by molar-refractivity contribution is 0.512. The lowest BCUT2D eigenvalue weighted by atomic mass is 10.2. The molecule has 0 unspecified atom stereocenters. The summed E-state index contributed by atoms with van der Waals surface area (Å²) in [7, 11) is 0. The van der Waals surface area contributed by atoms with Gasteiger partial charge in [-0.25, -0.2) is 14.4 Å². The summed E-state index contributed by atoms with van der Waals surface area (Å²) in [6.07, 6.45) is 0. The second kappa shape index (κ2) is 5.65. The molecule has 0 radical (unpaired) electrons. The largest absolute Gasteiger partial charge is 0.367 e. The highest BCUT2D eigenvalue weighted by atomic mass is 19.1. The van der Waals surface area contributed by atoms with Crippen molar-refractivity contribution in [2.24, 2.45) is 0 Å². The van der Waals surface area contributed by atoms with Gasteiger partial charge in [0.2, 0.25) is 0 Å². The summed E-state index contributed by atoms with van der Waals surface area (Å²) in [4.78, 5) is 9.09. The van der Waals surface area contributed by atoms with Crippen molar-refractivity contribution in [1.29, 1.82) is 0 Å². The molecule has 4 heteroatoms. The Morgan fingerprint density at radius 1 is 0.900 bits per heavy atom. The van der Waals surface area contributed by atoms with Crippen LogP contribution in [0.25, 0.3) is 22.3 Å². The number of benzene rings is 2. The maximum atomic E-state index is 12.4. The van der Waals surface area contributed by atoms with Crippen LogP contribution in [-0.2, 0) is 0 Å². The minimum Gasteiger partial charge on any atom is -0.367 e. The van der Waals surface area contributed by atoms with Crippen molar-refractivity contribution in [3.63, 3.8) is 0 Å². The van der Waals surface area contributed by atoms with E-state index >= 15 is 0 Å². The van der Waals surface area contributed by atoms with Gasteiger partial charge in [0, 0.05) is 17.5 Å². The van der Waals surface area contributed by atoms with Crippen LogP contribution in [0.15, 0.2) is 54.6 Å². The van der Waals surface area contributed by atoms with Crippen LogP contribution in [0, 0.1) is 0 Å². The van der Waals surface area contributed by atoms with Crippen LogP contribution in [0.5, 0.6) is 0 Å². The molecule has 0 fully saturated rings. The Bertz CT molecular complexity index is 713. The Labute approximate surface area is 116 Å². The molecule has 20 heavy (non-hydrogen) atoms. The standard InChI is InChI=1S/C16H14FN3/c17-10-11-18-16-13-8-4-5-9-14(13)19-15(20-16)12-6-2-1-3-7-12/h1-9H,10-11H2,(H,18,19,20). The van der Waals surface area contributed by atoms with Crippen LogP contribution >= 0.6 is 0 Å². The Morgan fingerprint density at radius 2 is 1.65 bits per heavy atom. The molecule has 3 rings (SSSR count). The molecule has 3 nitrogen and oxygen atoms in total. The highest BCUT2D eigenvalue weighted by Gasteiger charge is 2.08. The number of para-hydroxylation sites is 1. The summed E-state index contributed by atoms with van der Waals surface area (Å²) in [5.74, 6) is 1.32. The Morgan fingerprint density at radius 3 is 2.45 bits per heavy atom. The van der Waals surface area contributed by atoms with Gasteiger partial charge in [0.1, 0.15) is 12.5 Å². The van der Waals surface area contributed by atoms with Crippen molar-refractivity contribution in [1.82, 2.24) is 9.97 Å². The maximum absolute atomic E-state index is 12.4. The maximum Gasteiger partial charge on any atom is 0.162 e. The number of fused-ring (bicyclic) bond motifs is 1. The molecule has 0 amide bonds. The van der Waals surface area contributed by atoms with Gasteiger partial charge in [0.05, 0.1) is 5.52 Å². The Kier molecular flexibility index (Phi) is 3.54. The predicted octanol–water partition coefficient (Wildman–Crippen LogP) is 3.68. The van der Waals surface area contributed by atoms with E-state index in [9.17, 15) is 4.39 Å². The second-order valence-electron chi connectivity index (χ2n) is 4.39. The number of alkyl halides is 1. The van der Waals surface area contributed by atoms with Crippen LogP contribution < -0.4 is 5.32 Å². The van der Waals surface area contributed by atoms with Gasteiger partial charge in [-0.1, -0.05) is 42.5 Å². The lowest BCUT2D eigenvalue weighted by Crippen LogP contribution is -2.06. The smallest absolute Gasteiger partial charge is 0.162 e. The minimum absolute atomic E-state index is 0.245. The molecule has 2 aromatic carbocycles. The summed E-state index contributed by atoms with van der Waals surface area (Å²) >= 11 is 0. The van der Waals surface area contributed by atoms with Crippen LogP contribution in [0.1, 0.15) is 0 Å². The monoisotopic (exact) mass is 267 g/mol. The average Bonchev–Trinajstić information content (AvgIpc) is 2.53. The van der Waals surface area contributed by atoms with Crippen molar-refractivity contribution >= 4 is 16.7 Å². The van der Waals surface area contributed by atoms with Gasteiger partial charge < -0.3 is 5.32 Å². The number of rotatable bonds is 4. The van der Waals surface area contributed by atoms with E-state index in [1.807, 2.05) is 54.6 Å².